The number of hydrogen-bond donors (Lipinski definition) is 1. The van der Waals surface area contributed by atoms with Gasteiger partial charge < -0.3 is 20.1 Å². The first-order chi connectivity index (χ1) is 10.4. The summed E-state index contributed by atoms with van der Waals surface area (Å²) >= 11 is 0. The van der Waals surface area contributed by atoms with Gasteiger partial charge in [0.25, 0.3) is 0 Å². The first-order valence-electron chi connectivity index (χ1n) is 7.61. The van der Waals surface area contributed by atoms with Gasteiger partial charge in [-0.2, -0.15) is 0 Å². The SMILES string of the molecule is COc1ccc(CC(=O)N2CCC(N)C(C)(C)C2)cc1OC.Cl. The first-order valence-corrected chi connectivity index (χ1v) is 7.61. The van der Waals surface area contributed by atoms with Gasteiger partial charge in [-0.05, 0) is 29.5 Å². The zero-order valence-electron chi connectivity index (χ0n) is 14.3. The third-order valence-electron chi connectivity index (χ3n) is 4.47. The second kappa shape index (κ2) is 7.88. The molecule has 0 aromatic heterocycles. The van der Waals surface area contributed by atoms with Crippen LogP contribution in [0.25, 0.3) is 0 Å². The molecule has 1 aliphatic heterocycles. The van der Waals surface area contributed by atoms with Crippen molar-refractivity contribution in [3.05, 3.63) is 23.8 Å². The van der Waals surface area contributed by atoms with Gasteiger partial charge in [-0.1, -0.05) is 19.9 Å². The largest absolute Gasteiger partial charge is 0.493 e. The molecule has 1 unspecified atom stereocenters. The minimum Gasteiger partial charge on any atom is -0.493 e. The number of ether oxygens (including phenoxy) is 2. The van der Waals surface area contributed by atoms with E-state index in [4.69, 9.17) is 15.2 Å². The lowest BCUT2D eigenvalue weighted by molar-refractivity contribution is -0.133. The molecule has 1 atom stereocenters. The highest BCUT2D eigenvalue weighted by molar-refractivity contribution is 5.85. The number of nitrogens with two attached hydrogens (primary N) is 1. The van der Waals surface area contributed by atoms with Gasteiger partial charge in [-0.25, -0.2) is 0 Å². The molecule has 1 saturated heterocycles. The molecule has 1 amide bonds. The minimum absolute atomic E-state index is 0. The summed E-state index contributed by atoms with van der Waals surface area (Å²) in [7, 11) is 3.19. The number of amides is 1. The summed E-state index contributed by atoms with van der Waals surface area (Å²) in [6.07, 6.45) is 1.22. The zero-order valence-corrected chi connectivity index (χ0v) is 15.1. The Labute approximate surface area is 144 Å². The standard InChI is InChI=1S/C17H26N2O3.ClH/c1-17(2)11-19(8-7-15(17)18)16(20)10-12-5-6-13(21-3)14(9-12)22-4;/h5-6,9,15H,7-8,10-11,18H2,1-4H3;1H. The molecule has 1 aromatic carbocycles. The molecule has 23 heavy (non-hydrogen) atoms. The number of carbonyl (C=O) groups excluding carboxylic acids is 1. The fourth-order valence-electron chi connectivity index (χ4n) is 2.86. The smallest absolute Gasteiger partial charge is 0.227 e. The molecule has 0 spiro atoms. The Balaban J connectivity index is 0.00000264. The van der Waals surface area contributed by atoms with Crippen LogP contribution in [-0.4, -0.2) is 44.2 Å². The molecule has 5 nitrogen and oxygen atoms in total. The Morgan fingerprint density at radius 1 is 1.30 bits per heavy atom. The quantitative estimate of drug-likeness (QED) is 0.911. The Kier molecular flexibility index (Phi) is 6.71. The van der Waals surface area contributed by atoms with Gasteiger partial charge in [0.2, 0.25) is 5.91 Å². The number of methoxy groups -OCH3 is 2. The topological polar surface area (TPSA) is 64.8 Å². The van der Waals surface area contributed by atoms with Crippen LogP contribution in [0.1, 0.15) is 25.8 Å². The zero-order chi connectivity index (χ0) is 16.3. The summed E-state index contributed by atoms with van der Waals surface area (Å²) in [6.45, 7) is 5.68. The van der Waals surface area contributed by atoms with Gasteiger partial charge in [0.15, 0.2) is 11.5 Å². The second-order valence-electron chi connectivity index (χ2n) is 6.57. The van der Waals surface area contributed by atoms with Crippen molar-refractivity contribution in [2.45, 2.75) is 32.7 Å². The first kappa shape index (κ1) is 19.6. The summed E-state index contributed by atoms with van der Waals surface area (Å²) < 4.78 is 10.5. The van der Waals surface area contributed by atoms with Crippen molar-refractivity contribution in [1.29, 1.82) is 0 Å². The molecule has 2 rings (SSSR count). The van der Waals surface area contributed by atoms with E-state index in [1.54, 1.807) is 14.2 Å². The van der Waals surface area contributed by atoms with E-state index < -0.39 is 0 Å². The van der Waals surface area contributed by atoms with Crippen LogP contribution in [0, 0.1) is 5.41 Å². The number of hydrogen-bond acceptors (Lipinski definition) is 4. The van der Waals surface area contributed by atoms with Crippen LogP contribution in [0.3, 0.4) is 0 Å². The molecule has 0 radical (unpaired) electrons. The Hall–Kier alpha value is -1.46. The molecule has 6 heteroatoms. The van der Waals surface area contributed by atoms with E-state index in [2.05, 4.69) is 13.8 Å². The molecule has 1 aliphatic rings. The molecule has 1 aromatic rings. The maximum atomic E-state index is 12.5. The van der Waals surface area contributed by atoms with Crippen LogP contribution in [-0.2, 0) is 11.2 Å². The maximum absolute atomic E-state index is 12.5. The highest BCUT2D eigenvalue weighted by Crippen LogP contribution is 2.30. The number of piperidine rings is 1. The Morgan fingerprint density at radius 3 is 2.52 bits per heavy atom. The molecular weight excluding hydrogens is 316 g/mol. The van der Waals surface area contributed by atoms with E-state index in [0.717, 1.165) is 18.5 Å². The van der Waals surface area contributed by atoms with E-state index in [9.17, 15) is 4.79 Å². The van der Waals surface area contributed by atoms with Gasteiger partial charge in [0.05, 0.1) is 20.6 Å². The van der Waals surface area contributed by atoms with Crippen molar-refractivity contribution in [2.24, 2.45) is 11.1 Å². The monoisotopic (exact) mass is 342 g/mol. The molecule has 0 bridgehead atoms. The summed E-state index contributed by atoms with van der Waals surface area (Å²) in [6, 6.07) is 5.74. The average molecular weight is 343 g/mol. The van der Waals surface area contributed by atoms with Crippen molar-refractivity contribution in [2.75, 3.05) is 27.3 Å². The Morgan fingerprint density at radius 2 is 1.96 bits per heavy atom. The van der Waals surface area contributed by atoms with Gasteiger partial charge in [0.1, 0.15) is 0 Å². The van der Waals surface area contributed by atoms with E-state index in [0.29, 0.717) is 24.5 Å². The molecule has 2 N–H and O–H groups in total. The highest BCUT2D eigenvalue weighted by Gasteiger charge is 2.35. The van der Waals surface area contributed by atoms with Crippen LogP contribution < -0.4 is 15.2 Å². The fourth-order valence-corrected chi connectivity index (χ4v) is 2.86. The van der Waals surface area contributed by atoms with Crippen molar-refractivity contribution in [3.8, 4) is 11.5 Å². The molecule has 1 fully saturated rings. The lowest BCUT2D eigenvalue weighted by Gasteiger charge is -2.42. The van der Waals surface area contributed by atoms with Crippen molar-refractivity contribution in [1.82, 2.24) is 4.90 Å². The van der Waals surface area contributed by atoms with Gasteiger partial charge >= 0.3 is 0 Å². The Bertz CT molecular complexity index is 549. The number of benzene rings is 1. The van der Waals surface area contributed by atoms with Gasteiger partial charge in [-0.15, -0.1) is 12.4 Å². The number of likely N-dealkylation sites (tertiary alicyclic amines) is 1. The fraction of sp³-hybridized carbons (Fsp3) is 0.588. The summed E-state index contributed by atoms with van der Waals surface area (Å²) in [5.74, 6) is 1.45. The number of carbonyl (C=O) groups is 1. The van der Waals surface area contributed by atoms with E-state index in [-0.39, 0.29) is 29.8 Å². The predicted molar refractivity (Wildman–Crippen MR) is 93.5 cm³/mol. The highest BCUT2D eigenvalue weighted by atomic mass is 35.5. The lowest BCUT2D eigenvalue weighted by Crippen LogP contribution is -2.54. The predicted octanol–water partition coefficient (Wildman–Crippen LogP) is 2.25. The second-order valence-corrected chi connectivity index (χ2v) is 6.57. The van der Waals surface area contributed by atoms with Gasteiger partial charge in [-0.3, -0.25) is 4.79 Å². The van der Waals surface area contributed by atoms with Gasteiger partial charge in [0, 0.05) is 19.1 Å². The van der Waals surface area contributed by atoms with Crippen LogP contribution >= 0.6 is 12.4 Å². The van der Waals surface area contributed by atoms with Crippen molar-refractivity contribution >= 4 is 18.3 Å². The lowest BCUT2D eigenvalue weighted by atomic mass is 9.79. The molecule has 0 saturated carbocycles. The summed E-state index contributed by atoms with van der Waals surface area (Å²) in [5, 5.41) is 0. The normalized spacial score (nSPS) is 19.7. The molecule has 1 heterocycles. The number of nitrogens with zero attached hydrogens (tertiary/aromatic N) is 1. The van der Waals surface area contributed by atoms with Crippen LogP contribution in [0.4, 0.5) is 0 Å². The van der Waals surface area contributed by atoms with E-state index >= 15 is 0 Å². The third-order valence-corrected chi connectivity index (χ3v) is 4.47. The minimum atomic E-state index is -0.0362. The maximum Gasteiger partial charge on any atom is 0.227 e. The number of halogens is 1. The molecule has 130 valence electrons. The van der Waals surface area contributed by atoms with Crippen LogP contribution in [0.5, 0.6) is 11.5 Å². The molecular formula is C17H27ClN2O3. The van der Waals surface area contributed by atoms with E-state index in [1.165, 1.54) is 0 Å². The van der Waals surface area contributed by atoms with Crippen LogP contribution in [0.2, 0.25) is 0 Å². The summed E-state index contributed by atoms with van der Waals surface area (Å²) in [4.78, 5) is 14.4. The summed E-state index contributed by atoms with van der Waals surface area (Å²) in [5.41, 5.74) is 7.02. The van der Waals surface area contributed by atoms with E-state index in [1.807, 2.05) is 23.1 Å². The van der Waals surface area contributed by atoms with Crippen LogP contribution in [0.15, 0.2) is 18.2 Å². The van der Waals surface area contributed by atoms with Crippen molar-refractivity contribution in [3.63, 3.8) is 0 Å². The number of rotatable bonds is 4. The average Bonchev–Trinajstić information content (AvgIpc) is 2.49. The third kappa shape index (κ3) is 4.52. The van der Waals surface area contributed by atoms with Crippen molar-refractivity contribution < 1.29 is 14.3 Å². The molecule has 0 aliphatic carbocycles.